The lowest BCUT2D eigenvalue weighted by Gasteiger charge is -2.18. The molecule has 1 atom stereocenters. The predicted octanol–water partition coefficient (Wildman–Crippen LogP) is 3.68. The molecule has 1 unspecified atom stereocenters. The van der Waals surface area contributed by atoms with E-state index in [1.54, 1.807) is 30.3 Å². The van der Waals surface area contributed by atoms with Gasteiger partial charge in [-0.2, -0.15) is 13.2 Å². The van der Waals surface area contributed by atoms with Gasteiger partial charge in [-0.15, -0.1) is 0 Å². The van der Waals surface area contributed by atoms with E-state index in [0.29, 0.717) is 5.56 Å². The van der Waals surface area contributed by atoms with Gasteiger partial charge < -0.3 is 20.7 Å². The molecule has 0 bridgehead atoms. The van der Waals surface area contributed by atoms with Crippen LogP contribution in [0.5, 0.6) is 11.6 Å². The van der Waals surface area contributed by atoms with Crippen LogP contribution in [-0.2, 0) is 6.18 Å². The topological polar surface area (TPSA) is 106 Å². The zero-order chi connectivity index (χ0) is 21.9. The molecular formula is C21H17F3N2O4. The largest absolute Gasteiger partial charge is 0.439 e. The van der Waals surface area contributed by atoms with E-state index < -0.39 is 30.4 Å². The number of hydrogen-bond acceptors (Lipinski definition) is 5. The Morgan fingerprint density at radius 2 is 1.73 bits per heavy atom. The third-order valence-electron chi connectivity index (χ3n) is 4.26. The van der Waals surface area contributed by atoms with E-state index in [-0.39, 0.29) is 28.5 Å². The molecule has 6 nitrogen and oxygen atoms in total. The van der Waals surface area contributed by atoms with Gasteiger partial charge in [-0.3, -0.25) is 4.79 Å². The summed E-state index contributed by atoms with van der Waals surface area (Å²) in [6.07, 6.45) is -5.87. The van der Waals surface area contributed by atoms with Crippen LogP contribution in [0.1, 0.15) is 27.7 Å². The second-order valence-electron chi connectivity index (χ2n) is 6.33. The Bertz CT molecular complexity index is 1040. The van der Waals surface area contributed by atoms with E-state index in [9.17, 15) is 28.2 Å². The number of pyridine rings is 1. The number of halogens is 3. The molecular weight excluding hydrogens is 401 g/mol. The van der Waals surface area contributed by atoms with Gasteiger partial charge in [0.15, 0.2) is 0 Å². The number of rotatable bonds is 6. The standard InChI is InChI=1S/C21H17F3N2O4/c22-21(23,24)13-6-8-14(9-7-13)30-17-10-15(16(28)11-27)18(19(26-17)20(25)29)12-4-2-1-3-5-12/h1-10,16,27-28H,11H2,(H2,25,29). The molecule has 1 amide bonds. The molecule has 0 radical (unpaired) electrons. The average molecular weight is 418 g/mol. The fraction of sp³-hybridized carbons (Fsp3) is 0.143. The van der Waals surface area contributed by atoms with Crippen LogP contribution in [0.4, 0.5) is 13.2 Å². The number of carbonyl (C=O) groups excluding carboxylic acids is 1. The summed E-state index contributed by atoms with van der Waals surface area (Å²) in [6, 6.07) is 13.7. The van der Waals surface area contributed by atoms with Gasteiger partial charge in [0.05, 0.1) is 12.2 Å². The molecule has 0 aliphatic rings. The van der Waals surface area contributed by atoms with E-state index in [4.69, 9.17) is 10.5 Å². The van der Waals surface area contributed by atoms with Crippen LogP contribution in [-0.4, -0.2) is 27.7 Å². The number of nitrogens with two attached hydrogens (primary N) is 1. The van der Waals surface area contributed by atoms with Crippen molar-refractivity contribution in [2.75, 3.05) is 6.61 Å². The van der Waals surface area contributed by atoms with Crippen molar-refractivity contribution in [3.63, 3.8) is 0 Å². The van der Waals surface area contributed by atoms with E-state index >= 15 is 0 Å². The molecule has 4 N–H and O–H groups in total. The van der Waals surface area contributed by atoms with Gasteiger partial charge in [0.1, 0.15) is 17.5 Å². The Kier molecular flexibility index (Phi) is 6.04. The molecule has 30 heavy (non-hydrogen) atoms. The highest BCUT2D eigenvalue weighted by Gasteiger charge is 2.30. The molecule has 0 aliphatic carbocycles. The third kappa shape index (κ3) is 4.58. The number of alkyl halides is 3. The van der Waals surface area contributed by atoms with Crippen molar-refractivity contribution in [3.05, 3.63) is 77.5 Å². The summed E-state index contributed by atoms with van der Waals surface area (Å²) in [5, 5.41) is 19.7. The minimum atomic E-state index is -4.49. The first-order valence-corrected chi connectivity index (χ1v) is 8.75. The minimum absolute atomic E-state index is 0.0304. The molecule has 3 aromatic rings. The summed E-state index contributed by atoms with van der Waals surface area (Å²) >= 11 is 0. The fourth-order valence-corrected chi connectivity index (χ4v) is 2.87. The predicted molar refractivity (Wildman–Crippen MR) is 102 cm³/mol. The first-order chi connectivity index (χ1) is 14.2. The van der Waals surface area contributed by atoms with Crippen LogP contribution in [0.2, 0.25) is 0 Å². The first-order valence-electron chi connectivity index (χ1n) is 8.75. The summed E-state index contributed by atoms with van der Waals surface area (Å²) < 4.78 is 43.6. The molecule has 0 aliphatic heterocycles. The SMILES string of the molecule is NC(=O)c1nc(Oc2ccc(C(F)(F)F)cc2)cc(C(O)CO)c1-c1ccccc1. The molecule has 0 fully saturated rings. The van der Waals surface area contributed by atoms with E-state index in [0.717, 1.165) is 24.3 Å². The van der Waals surface area contributed by atoms with Crippen molar-refractivity contribution in [2.24, 2.45) is 5.73 Å². The zero-order valence-corrected chi connectivity index (χ0v) is 15.4. The molecule has 0 spiro atoms. The van der Waals surface area contributed by atoms with E-state index in [1.165, 1.54) is 6.07 Å². The quantitative estimate of drug-likeness (QED) is 0.566. The molecule has 0 saturated carbocycles. The van der Waals surface area contributed by atoms with Gasteiger partial charge in [0, 0.05) is 11.6 Å². The maximum absolute atomic E-state index is 12.7. The highest BCUT2D eigenvalue weighted by atomic mass is 19.4. The van der Waals surface area contributed by atoms with Crippen LogP contribution >= 0.6 is 0 Å². The number of carbonyl (C=O) groups is 1. The maximum atomic E-state index is 12.7. The summed E-state index contributed by atoms with van der Waals surface area (Å²) in [5.41, 5.74) is 5.29. The van der Waals surface area contributed by atoms with Crippen molar-refractivity contribution in [1.82, 2.24) is 4.98 Å². The van der Waals surface area contributed by atoms with Crippen LogP contribution in [0.3, 0.4) is 0 Å². The third-order valence-corrected chi connectivity index (χ3v) is 4.26. The van der Waals surface area contributed by atoms with Crippen molar-refractivity contribution in [3.8, 4) is 22.8 Å². The normalized spacial score (nSPS) is 12.4. The smallest absolute Gasteiger partial charge is 0.416 e. The second-order valence-corrected chi connectivity index (χ2v) is 6.33. The van der Waals surface area contributed by atoms with Crippen molar-refractivity contribution < 1.29 is 32.9 Å². The number of hydrogen-bond donors (Lipinski definition) is 3. The Hall–Kier alpha value is -3.43. The Labute approximate surface area is 169 Å². The summed E-state index contributed by atoms with van der Waals surface area (Å²) in [6.45, 7) is -0.651. The van der Waals surface area contributed by atoms with Gasteiger partial charge in [-0.1, -0.05) is 30.3 Å². The monoisotopic (exact) mass is 418 g/mol. The number of ether oxygens (including phenoxy) is 1. The van der Waals surface area contributed by atoms with Gasteiger partial charge in [0.2, 0.25) is 5.88 Å². The lowest BCUT2D eigenvalue weighted by Crippen LogP contribution is -2.18. The van der Waals surface area contributed by atoms with Gasteiger partial charge in [-0.05, 0) is 35.4 Å². The van der Waals surface area contributed by atoms with Gasteiger partial charge in [-0.25, -0.2) is 4.98 Å². The Balaban J connectivity index is 2.08. The van der Waals surface area contributed by atoms with Crippen LogP contribution in [0, 0.1) is 0 Å². The molecule has 9 heteroatoms. The molecule has 1 heterocycles. The number of aliphatic hydroxyl groups is 2. The highest BCUT2D eigenvalue weighted by Crippen LogP contribution is 2.35. The lowest BCUT2D eigenvalue weighted by molar-refractivity contribution is -0.137. The minimum Gasteiger partial charge on any atom is -0.439 e. The summed E-state index contributed by atoms with van der Waals surface area (Å²) in [4.78, 5) is 16.1. The molecule has 3 rings (SSSR count). The van der Waals surface area contributed by atoms with Gasteiger partial charge in [0.25, 0.3) is 5.91 Å². The number of aromatic nitrogens is 1. The number of nitrogens with zero attached hydrogens (tertiary/aromatic N) is 1. The van der Waals surface area contributed by atoms with E-state index in [1.807, 2.05) is 0 Å². The maximum Gasteiger partial charge on any atom is 0.416 e. The van der Waals surface area contributed by atoms with Crippen LogP contribution < -0.4 is 10.5 Å². The molecule has 2 aromatic carbocycles. The van der Waals surface area contributed by atoms with Crippen LogP contribution in [0.15, 0.2) is 60.7 Å². The second kappa shape index (κ2) is 8.52. The molecule has 156 valence electrons. The summed E-state index contributed by atoms with van der Waals surface area (Å²) in [5.74, 6) is -1.05. The molecule has 0 saturated heterocycles. The number of primary amides is 1. The first kappa shape index (κ1) is 21.3. The highest BCUT2D eigenvalue weighted by molar-refractivity contribution is 5.99. The Morgan fingerprint density at radius 1 is 1.10 bits per heavy atom. The van der Waals surface area contributed by atoms with Crippen LogP contribution in [0.25, 0.3) is 11.1 Å². The summed E-state index contributed by atoms with van der Waals surface area (Å²) in [7, 11) is 0. The number of aliphatic hydroxyl groups excluding tert-OH is 2. The van der Waals surface area contributed by atoms with Gasteiger partial charge >= 0.3 is 6.18 Å². The number of benzene rings is 2. The average Bonchev–Trinajstić information content (AvgIpc) is 2.73. The van der Waals surface area contributed by atoms with E-state index in [2.05, 4.69) is 4.98 Å². The van der Waals surface area contributed by atoms with Crippen molar-refractivity contribution in [2.45, 2.75) is 12.3 Å². The van der Waals surface area contributed by atoms with Crippen molar-refractivity contribution >= 4 is 5.91 Å². The lowest BCUT2D eigenvalue weighted by atomic mass is 9.94. The number of amides is 1. The molecule has 1 aromatic heterocycles. The zero-order valence-electron chi connectivity index (χ0n) is 15.4. The fourth-order valence-electron chi connectivity index (χ4n) is 2.87. The Morgan fingerprint density at radius 3 is 2.27 bits per heavy atom. The van der Waals surface area contributed by atoms with Crippen molar-refractivity contribution in [1.29, 1.82) is 0 Å².